The zero-order chi connectivity index (χ0) is 10.1. The topological polar surface area (TPSA) is 65.4 Å². The quantitative estimate of drug-likeness (QED) is 0.651. The second-order valence-electron chi connectivity index (χ2n) is 3.20. The Bertz CT molecular complexity index is 351. The van der Waals surface area contributed by atoms with Gasteiger partial charge in [0.2, 0.25) is 0 Å². The van der Waals surface area contributed by atoms with Gasteiger partial charge in [-0.15, -0.1) is 11.8 Å². The van der Waals surface area contributed by atoms with Crippen molar-refractivity contribution < 1.29 is 10.2 Å². The van der Waals surface area contributed by atoms with E-state index in [0.717, 1.165) is 12.3 Å². The van der Waals surface area contributed by atoms with E-state index in [9.17, 15) is 10.2 Å². The molecule has 1 aromatic heterocycles. The average Bonchev–Trinajstić information content (AvgIpc) is 2.65. The highest BCUT2D eigenvalue weighted by atomic mass is 32.2. The maximum atomic E-state index is 9.76. The largest absolute Gasteiger partial charge is 0.506 e. The predicted molar refractivity (Wildman–Crippen MR) is 55.5 cm³/mol. The van der Waals surface area contributed by atoms with Gasteiger partial charge in [0, 0.05) is 12.3 Å². The van der Waals surface area contributed by atoms with Crippen LogP contribution < -0.4 is 5.32 Å². The molecule has 3 N–H and O–H groups in total. The molecule has 1 saturated heterocycles. The van der Waals surface area contributed by atoms with E-state index in [1.165, 1.54) is 6.20 Å². The van der Waals surface area contributed by atoms with Crippen molar-refractivity contribution in [2.45, 2.75) is 12.3 Å². The van der Waals surface area contributed by atoms with Gasteiger partial charge in [-0.05, 0) is 6.92 Å². The van der Waals surface area contributed by atoms with Gasteiger partial charge in [0.05, 0.1) is 22.8 Å². The Kier molecular flexibility index (Phi) is 2.52. The lowest BCUT2D eigenvalue weighted by Gasteiger charge is -2.14. The van der Waals surface area contributed by atoms with Crippen molar-refractivity contribution in [2.24, 2.45) is 0 Å². The zero-order valence-corrected chi connectivity index (χ0v) is 8.64. The van der Waals surface area contributed by atoms with Crippen LogP contribution in [0, 0.1) is 6.92 Å². The maximum absolute atomic E-state index is 9.76. The normalized spacial score (nSPS) is 21.4. The number of pyridine rings is 1. The van der Waals surface area contributed by atoms with Gasteiger partial charge >= 0.3 is 0 Å². The molecule has 0 aromatic carbocycles. The monoisotopic (exact) mass is 212 g/mol. The first-order valence-electron chi connectivity index (χ1n) is 4.42. The van der Waals surface area contributed by atoms with Crippen LogP contribution in [-0.2, 0) is 0 Å². The lowest BCUT2D eigenvalue weighted by molar-refractivity contribution is 0.426. The molecule has 0 bridgehead atoms. The number of aromatic hydroxyl groups is 2. The summed E-state index contributed by atoms with van der Waals surface area (Å²) in [4.78, 5) is 3.87. The molecular formula is C9H12N2O2S. The van der Waals surface area contributed by atoms with Crippen LogP contribution in [0.1, 0.15) is 16.6 Å². The van der Waals surface area contributed by atoms with Crippen molar-refractivity contribution in [3.8, 4) is 11.5 Å². The number of rotatable bonds is 1. The highest BCUT2D eigenvalue weighted by molar-refractivity contribution is 7.99. The van der Waals surface area contributed by atoms with Gasteiger partial charge in [-0.2, -0.15) is 0 Å². The fourth-order valence-electron chi connectivity index (χ4n) is 1.47. The summed E-state index contributed by atoms with van der Waals surface area (Å²) in [6, 6.07) is 0. The number of hydrogen-bond donors (Lipinski definition) is 3. The van der Waals surface area contributed by atoms with Crippen molar-refractivity contribution in [1.29, 1.82) is 0 Å². The summed E-state index contributed by atoms with van der Waals surface area (Å²) >= 11 is 1.67. The van der Waals surface area contributed by atoms with E-state index in [2.05, 4.69) is 10.3 Å². The molecule has 76 valence electrons. The van der Waals surface area contributed by atoms with Crippen LogP contribution in [0.4, 0.5) is 0 Å². The van der Waals surface area contributed by atoms with E-state index in [-0.39, 0.29) is 16.9 Å². The third-order valence-corrected chi connectivity index (χ3v) is 3.41. The molecule has 0 amide bonds. The number of aryl methyl sites for hydroxylation is 1. The van der Waals surface area contributed by atoms with Gasteiger partial charge in [0.1, 0.15) is 11.5 Å². The number of hydrogen-bond acceptors (Lipinski definition) is 5. The summed E-state index contributed by atoms with van der Waals surface area (Å²) in [7, 11) is 0. The molecule has 0 spiro atoms. The van der Waals surface area contributed by atoms with Gasteiger partial charge in [0.25, 0.3) is 0 Å². The molecule has 5 heteroatoms. The fourth-order valence-corrected chi connectivity index (χ4v) is 2.58. The van der Waals surface area contributed by atoms with Crippen molar-refractivity contribution in [2.75, 3.05) is 12.3 Å². The summed E-state index contributed by atoms with van der Waals surface area (Å²) in [5.41, 5.74) is 1.10. The van der Waals surface area contributed by atoms with Crippen LogP contribution in [0.25, 0.3) is 0 Å². The second kappa shape index (κ2) is 3.67. The van der Waals surface area contributed by atoms with Crippen molar-refractivity contribution in [3.63, 3.8) is 0 Å². The van der Waals surface area contributed by atoms with E-state index < -0.39 is 0 Å². The van der Waals surface area contributed by atoms with E-state index >= 15 is 0 Å². The lowest BCUT2D eigenvalue weighted by Crippen LogP contribution is -2.12. The average molecular weight is 212 g/mol. The van der Waals surface area contributed by atoms with Crippen LogP contribution in [-0.4, -0.2) is 27.5 Å². The molecule has 0 aliphatic carbocycles. The van der Waals surface area contributed by atoms with Crippen LogP contribution >= 0.6 is 11.8 Å². The molecule has 1 unspecified atom stereocenters. The van der Waals surface area contributed by atoms with E-state index in [1.807, 2.05) is 0 Å². The minimum Gasteiger partial charge on any atom is -0.506 e. The SMILES string of the molecule is Cc1ncc(O)c(C2NCCS2)c1O. The van der Waals surface area contributed by atoms with E-state index in [0.29, 0.717) is 11.3 Å². The molecule has 2 rings (SSSR count). The first kappa shape index (κ1) is 9.61. The highest BCUT2D eigenvalue weighted by Gasteiger charge is 2.24. The van der Waals surface area contributed by atoms with Gasteiger partial charge < -0.3 is 15.5 Å². The van der Waals surface area contributed by atoms with Gasteiger partial charge in [0.15, 0.2) is 0 Å². The molecule has 0 radical (unpaired) electrons. The van der Waals surface area contributed by atoms with Gasteiger partial charge in [-0.1, -0.05) is 0 Å². The standard InChI is InChI=1S/C9H12N2O2S/c1-5-8(13)7(6(12)4-11-5)9-10-2-3-14-9/h4,9-10,12-13H,2-3H2,1H3. The molecular weight excluding hydrogens is 200 g/mol. The molecule has 4 nitrogen and oxygen atoms in total. The first-order valence-corrected chi connectivity index (χ1v) is 5.47. The Morgan fingerprint density at radius 2 is 2.36 bits per heavy atom. The van der Waals surface area contributed by atoms with Crippen LogP contribution in [0.15, 0.2) is 6.20 Å². The molecule has 14 heavy (non-hydrogen) atoms. The number of nitrogens with zero attached hydrogens (tertiary/aromatic N) is 1. The zero-order valence-electron chi connectivity index (χ0n) is 7.82. The van der Waals surface area contributed by atoms with E-state index in [4.69, 9.17) is 0 Å². The first-order chi connectivity index (χ1) is 6.70. The molecule has 0 saturated carbocycles. The molecule has 1 aliphatic heterocycles. The highest BCUT2D eigenvalue weighted by Crippen LogP contribution is 2.40. The minimum atomic E-state index is -0.0169. The summed E-state index contributed by atoms with van der Waals surface area (Å²) in [5.74, 6) is 1.14. The lowest BCUT2D eigenvalue weighted by atomic mass is 10.2. The minimum absolute atomic E-state index is 0.0169. The van der Waals surface area contributed by atoms with Crippen LogP contribution in [0.3, 0.4) is 0 Å². The number of thioether (sulfide) groups is 1. The summed E-state index contributed by atoms with van der Waals surface area (Å²) < 4.78 is 0. The Balaban J connectivity index is 2.44. The smallest absolute Gasteiger partial charge is 0.146 e. The van der Waals surface area contributed by atoms with Crippen molar-refractivity contribution in [3.05, 3.63) is 17.5 Å². The van der Waals surface area contributed by atoms with Crippen LogP contribution in [0.5, 0.6) is 11.5 Å². The number of nitrogens with one attached hydrogen (secondary N) is 1. The summed E-state index contributed by atoms with van der Waals surface area (Å²) in [6.45, 7) is 2.62. The molecule has 2 heterocycles. The third kappa shape index (κ3) is 1.53. The fraction of sp³-hybridized carbons (Fsp3) is 0.444. The summed E-state index contributed by atoms with van der Waals surface area (Å²) in [6.07, 6.45) is 1.38. The molecule has 1 fully saturated rings. The van der Waals surface area contributed by atoms with Gasteiger partial charge in [-0.3, -0.25) is 4.98 Å². The Hall–Kier alpha value is -0.940. The maximum Gasteiger partial charge on any atom is 0.146 e. The summed E-state index contributed by atoms with van der Waals surface area (Å²) in [5, 5.41) is 22.5. The van der Waals surface area contributed by atoms with Crippen LogP contribution in [0.2, 0.25) is 0 Å². The van der Waals surface area contributed by atoms with E-state index in [1.54, 1.807) is 18.7 Å². The number of aromatic nitrogens is 1. The van der Waals surface area contributed by atoms with Crippen molar-refractivity contribution >= 4 is 11.8 Å². The second-order valence-corrected chi connectivity index (χ2v) is 4.41. The molecule has 1 aromatic rings. The molecule has 1 aliphatic rings. The molecule has 1 atom stereocenters. The Labute approximate surface area is 86.4 Å². The van der Waals surface area contributed by atoms with Crippen molar-refractivity contribution in [1.82, 2.24) is 10.3 Å². The third-order valence-electron chi connectivity index (χ3n) is 2.23. The Morgan fingerprint density at radius 1 is 1.57 bits per heavy atom. The Morgan fingerprint density at radius 3 is 3.00 bits per heavy atom. The van der Waals surface area contributed by atoms with Gasteiger partial charge in [-0.25, -0.2) is 0 Å². The predicted octanol–water partition coefficient (Wildman–Crippen LogP) is 1.14.